The topological polar surface area (TPSA) is 89.9 Å². The predicted octanol–water partition coefficient (Wildman–Crippen LogP) is 4.72. The molecule has 2 fully saturated rings. The number of hydrogen-bond acceptors (Lipinski definition) is 6. The summed E-state index contributed by atoms with van der Waals surface area (Å²) in [7, 11) is 0. The molecule has 36 heavy (non-hydrogen) atoms. The predicted molar refractivity (Wildman–Crippen MR) is 130 cm³/mol. The first kappa shape index (κ1) is 24.3. The average Bonchev–Trinajstić information content (AvgIpc) is 3.18. The fourth-order valence-electron chi connectivity index (χ4n) is 5.21. The number of carbonyl (C=O) groups is 1. The van der Waals surface area contributed by atoms with Gasteiger partial charge >= 0.3 is 6.18 Å². The summed E-state index contributed by atoms with van der Waals surface area (Å²) in [6, 6.07) is 5.82. The van der Waals surface area contributed by atoms with Crippen LogP contribution in [0.5, 0.6) is 0 Å². The van der Waals surface area contributed by atoms with Crippen LogP contribution < -0.4 is 10.6 Å². The minimum Gasteiger partial charge on any atom is -0.383 e. The van der Waals surface area contributed by atoms with E-state index in [-0.39, 0.29) is 6.54 Å². The molecule has 2 N–H and O–H groups in total. The SMILES string of the molecule is CC(=O)c1cn(Cc2ccc(N3CC4CC4C3)nc2)nc1C(F)(F)F.CC1CCc2c1ccnc2N. The maximum atomic E-state index is 13.0. The van der Waals surface area contributed by atoms with Gasteiger partial charge in [-0.05, 0) is 72.8 Å². The Labute approximate surface area is 207 Å². The Balaban J connectivity index is 0.000000202. The van der Waals surface area contributed by atoms with Gasteiger partial charge in [0.25, 0.3) is 0 Å². The van der Waals surface area contributed by atoms with Crippen molar-refractivity contribution in [2.45, 2.75) is 51.7 Å². The monoisotopic (exact) mass is 498 g/mol. The van der Waals surface area contributed by atoms with Gasteiger partial charge in [-0.1, -0.05) is 13.0 Å². The van der Waals surface area contributed by atoms with E-state index in [1.807, 2.05) is 12.1 Å². The van der Waals surface area contributed by atoms with Crippen LogP contribution in [0.4, 0.5) is 24.8 Å². The molecular weight excluding hydrogens is 469 g/mol. The molecule has 3 aromatic heterocycles. The van der Waals surface area contributed by atoms with E-state index in [1.165, 1.54) is 24.0 Å². The van der Waals surface area contributed by atoms with Gasteiger partial charge in [0.15, 0.2) is 11.5 Å². The number of piperidine rings is 1. The van der Waals surface area contributed by atoms with E-state index >= 15 is 0 Å². The van der Waals surface area contributed by atoms with Crippen LogP contribution in [0.25, 0.3) is 0 Å². The molecule has 3 aromatic rings. The van der Waals surface area contributed by atoms with Crippen molar-refractivity contribution in [3.63, 3.8) is 0 Å². The standard InChI is InChI=1S/C17H17F3N4O.C9H12N2/c1-10(25)14-9-24(22-16(14)17(18,19)20)6-11-2-3-15(21-5-11)23-7-12-4-13(12)8-23;1-6-2-3-8-7(6)4-5-11-9(8)10/h2-3,5,9,12-13H,4,6-8H2,1H3;4-6H,2-3H2,1H3,(H2,10,11). The van der Waals surface area contributed by atoms with Crippen molar-refractivity contribution in [1.82, 2.24) is 19.7 Å². The van der Waals surface area contributed by atoms with Crippen LogP contribution in [0.3, 0.4) is 0 Å². The lowest BCUT2D eigenvalue weighted by molar-refractivity contribution is -0.141. The maximum absolute atomic E-state index is 13.0. The Bertz CT molecular complexity index is 1260. The van der Waals surface area contributed by atoms with E-state index in [9.17, 15) is 18.0 Å². The molecule has 2 aliphatic carbocycles. The highest BCUT2D eigenvalue weighted by Gasteiger charge is 2.45. The number of alkyl halides is 3. The second kappa shape index (κ2) is 9.22. The Morgan fingerprint density at radius 3 is 2.50 bits per heavy atom. The fourth-order valence-corrected chi connectivity index (χ4v) is 5.21. The van der Waals surface area contributed by atoms with E-state index in [0.29, 0.717) is 5.92 Å². The summed E-state index contributed by atoms with van der Waals surface area (Å²) in [4.78, 5) is 22.2. The Morgan fingerprint density at radius 1 is 1.17 bits per heavy atom. The van der Waals surface area contributed by atoms with Crippen LogP contribution in [-0.2, 0) is 19.1 Å². The molecule has 7 nitrogen and oxygen atoms in total. The molecule has 1 saturated heterocycles. The van der Waals surface area contributed by atoms with Gasteiger partial charge in [-0.3, -0.25) is 9.48 Å². The summed E-state index contributed by atoms with van der Waals surface area (Å²) in [5.74, 6) is 3.26. The van der Waals surface area contributed by atoms with Crippen molar-refractivity contribution in [1.29, 1.82) is 0 Å². The molecule has 1 aliphatic heterocycles. The molecule has 3 atom stereocenters. The van der Waals surface area contributed by atoms with E-state index < -0.39 is 23.2 Å². The summed E-state index contributed by atoms with van der Waals surface area (Å²) in [6.07, 6.45) is 3.60. The number of Topliss-reactive ketones (excluding diaryl/α,β-unsaturated/α-hetero) is 1. The Kier molecular flexibility index (Phi) is 6.22. The number of nitrogens with two attached hydrogens (primary N) is 1. The molecule has 0 aromatic carbocycles. The molecule has 0 amide bonds. The summed E-state index contributed by atoms with van der Waals surface area (Å²) >= 11 is 0. The zero-order valence-corrected chi connectivity index (χ0v) is 20.3. The highest BCUT2D eigenvalue weighted by Crippen LogP contribution is 2.45. The van der Waals surface area contributed by atoms with Crippen molar-refractivity contribution < 1.29 is 18.0 Å². The zero-order valence-electron chi connectivity index (χ0n) is 20.3. The summed E-state index contributed by atoms with van der Waals surface area (Å²) in [5.41, 5.74) is 7.59. The highest BCUT2D eigenvalue weighted by atomic mass is 19.4. The number of carbonyl (C=O) groups excluding carboxylic acids is 1. The third kappa shape index (κ3) is 4.94. The number of aromatic nitrogens is 4. The number of ketones is 1. The number of rotatable bonds is 4. The van der Waals surface area contributed by atoms with Crippen LogP contribution in [0.1, 0.15) is 65.3 Å². The second-order valence-electron chi connectivity index (χ2n) is 10.0. The molecule has 3 unspecified atom stereocenters. The highest BCUT2D eigenvalue weighted by molar-refractivity contribution is 5.95. The van der Waals surface area contributed by atoms with Gasteiger partial charge in [-0.25, -0.2) is 9.97 Å². The number of nitrogens with zero attached hydrogens (tertiary/aromatic N) is 5. The minimum absolute atomic E-state index is 0.134. The van der Waals surface area contributed by atoms with Gasteiger partial charge in [-0.15, -0.1) is 0 Å². The van der Waals surface area contributed by atoms with Gasteiger partial charge in [0.2, 0.25) is 0 Å². The van der Waals surface area contributed by atoms with Crippen molar-refractivity contribution in [3.8, 4) is 0 Å². The number of hydrogen-bond donors (Lipinski definition) is 1. The number of anilines is 2. The van der Waals surface area contributed by atoms with Gasteiger partial charge in [-0.2, -0.15) is 18.3 Å². The third-order valence-corrected chi connectivity index (χ3v) is 7.35. The van der Waals surface area contributed by atoms with Crippen LogP contribution in [0.15, 0.2) is 36.8 Å². The first-order valence-electron chi connectivity index (χ1n) is 12.2. The molecule has 10 heteroatoms. The molecule has 3 aliphatic rings. The number of pyridine rings is 2. The van der Waals surface area contributed by atoms with Crippen LogP contribution in [0.2, 0.25) is 0 Å². The lowest BCUT2D eigenvalue weighted by Crippen LogP contribution is -2.22. The molecule has 190 valence electrons. The molecule has 6 rings (SSSR count). The molecular formula is C26H29F3N6O. The smallest absolute Gasteiger partial charge is 0.383 e. The van der Waals surface area contributed by atoms with Crippen LogP contribution in [-0.4, -0.2) is 38.6 Å². The fraction of sp³-hybridized carbons (Fsp3) is 0.462. The molecule has 0 spiro atoms. The molecule has 0 bridgehead atoms. The second-order valence-corrected chi connectivity index (χ2v) is 10.0. The minimum atomic E-state index is -4.65. The van der Waals surface area contributed by atoms with E-state index in [2.05, 4.69) is 33.0 Å². The van der Waals surface area contributed by atoms with Crippen LogP contribution in [0, 0.1) is 11.8 Å². The quantitative estimate of drug-likeness (QED) is 0.524. The Hall–Kier alpha value is -3.43. The number of halogens is 3. The normalized spacial score (nSPS) is 22.0. The van der Waals surface area contributed by atoms with Gasteiger partial charge in [0.1, 0.15) is 11.6 Å². The lowest BCUT2D eigenvalue weighted by atomic mass is 10.1. The molecule has 0 radical (unpaired) electrons. The maximum Gasteiger partial charge on any atom is 0.435 e. The van der Waals surface area contributed by atoms with Crippen molar-refractivity contribution in [2.24, 2.45) is 11.8 Å². The molecule has 1 saturated carbocycles. The van der Waals surface area contributed by atoms with Gasteiger partial charge in [0.05, 0.1) is 12.1 Å². The third-order valence-electron chi connectivity index (χ3n) is 7.35. The number of nitrogen functional groups attached to an aromatic ring is 1. The van der Waals surface area contributed by atoms with E-state index in [0.717, 1.165) is 66.3 Å². The first-order chi connectivity index (χ1) is 17.1. The van der Waals surface area contributed by atoms with Gasteiger partial charge in [0, 0.05) is 31.7 Å². The largest absolute Gasteiger partial charge is 0.435 e. The van der Waals surface area contributed by atoms with Gasteiger partial charge < -0.3 is 10.6 Å². The molecule has 4 heterocycles. The summed E-state index contributed by atoms with van der Waals surface area (Å²) in [5, 5.41) is 3.55. The summed E-state index contributed by atoms with van der Waals surface area (Å²) in [6.45, 7) is 5.55. The first-order valence-corrected chi connectivity index (χ1v) is 12.2. The van der Waals surface area contributed by atoms with E-state index in [1.54, 1.807) is 12.4 Å². The number of fused-ring (bicyclic) bond motifs is 2. The Morgan fingerprint density at radius 2 is 1.92 bits per heavy atom. The van der Waals surface area contributed by atoms with Crippen molar-refractivity contribution >= 4 is 17.4 Å². The average molecular weight is 499 g/mol. The van der Waals surface area contributed by atoms with Crippen molar-refractivity contribution in [2.75, 3.05) is 23.7 Å². The lowest BCUT2D eigenvalue weighted by Gasteiger charge is -2.18. The zero-order chi connectivity index (χ0) is 25.6. The van der Waals surface area contributed by atoms with Crippen LogP contribution >= 0.6 is 0 Å². The van der Waals surface area contributed by atoms with Crippen molar-refractivity contribution in [3.05, 3.63) is 64.7 Å². The summed E-state index contributed by atoms with van der Waals surface area (Å²) < 4.78 is 40.1. The van der Waals surface area contributed by atoms with E-state index in [4.69, 9.17) is 5.73 Å².